The van der Waals surface area contributed by atoms with Crippen LogP contribution in [0.1, 0.15) is 142 Å². The highest BCUT2D eigenvalue weighted by molar-refractivity contribution is 5.69. The molecule has 0 heterocycles. The molecular formula is C32H64O6. The largest absolute Gasteiger partial charge is 0.463 e. The number of rotatable bonds is 33. The molecule has 0 bridgehead atoms. The van der Waals surface area contributed by atoms with E-state index in [0.717, 1.165) is 25.9 Å². The summed E-state index contributed by atoms with van der Waals surface area (Å²) in [6.45, 7) is 9.47. The van der Waals surface area contributed by atoms with E-state index in [4.69, 9.17) is 23.7 Å². The molecule has 0 aromatic carbocycles. The van der Waals surface area contributed by atoms with Crippen molar-refractivity contribution in [3.63, 3.8) is 0 Å². The molecule has 0 N–H and O–H groups in total. The summed E-state index contributed by atoms with van der Waals surface area (Å²) in [6, 6.07) is 0. The molecule has 0 spiro atoms. The van der Waals surface area contributed by atoms with Crippen molar-refractivity contribution in [3.05, 3.63) is 0 Å². The van der Waals surface area contributed by atoms with Gasteiger partial charge in [-0.15, -0.1) is 0 Å². The maximum Gasteiger partial charge on any atom is 0.305 e. The van der Waals surface area contributed by atoms with Crippen LogP contribution < -0.4 is 0 Å². The topological polar surface area (TPSA) is 63.2 Å². The fourth-order valence-electron chi connectivity index (χ4n) is 4.32. The zero-order valence-electron chi connectivity index (χ0n) is 25.5. The van der Waals surface area contributed by atoms with Crippen molar-refractivity contribution < 1.29 is 28.5 Å². The first kappa shape index (κ1) is 37.3. The van der Waals surface area contributed by atoms with Gasteiger partial charge in [-0.3, -0.25) is 4.79 Å². The minimum atomic E-state index is -0.110. The predicted octanol–water partition coefficient (Wildman–Crippen LogP) is 8.44. The lowest BCUT2D eigenvalue weighted by atomic mass is 10.0. The van der Waals surface area contributed by atoms with Gasteiger partial charge in [0.1, 0.15) is 6.61 Å². The molecule has 6 nitrogen and oxygen atoms in total. The van der Waals surface area contributed by atoms with Gasteiger partial charge < -0.3 is 23.7 Å². The van der Waals surface area contributed by atoms with Gasteiger partial charge >= 0.3 is 5.97 Å². The Labute approximate surface area is 236 Å². The highest BCUT2D eigenvalue weighted by atomic mass is 16.6. The van der Waals surface area contributed by atoms with E-state index in [-0.39, 0.29) is 5.97 Å². The van der Waals surface area contributed by atoms with Crippen LogP contribution in [0.2, 0.25) is 0 Å². The molecule has 0 aliphatic rings. The van der Waals surface area contributed by atoms with Gasteiger partial charge in [-0.2, -0.15) is 0 Å². The highest BCUT2D eigenvalue weighted by Gasteiger charge is 2.03. The molecule has 0 radical (unpaired) electrons. The first-order chi connectivity index (χ1) is 18.8. The number of unbranched alkanes of at least 4 members (excludes halogenated alkanes) is 17. The number of carbonyl (C=O) groups excluding carboxylic acids is 1. The van der Waals surface area contributed by atoms with Crippen molar-refractivity contribution in [1.82, 2.24) is 0 Å². The van der Waals surface area contributed by atoms with E-state index < -0.39 is 0 Å². The van der Waals surface area contributed by atoms with Gasteiger partial charge in [0.05, 0.1) is 46.2 Å². The Kier molecular flexibility index (Phi) is 33.7. The summed E-state index contributed by atoms with van der Waals surface area (Å²) >= 11 is 0. The van der Waals surface area contributed by atoms with Crippen molar-refractivity contribution in [2.75, 3.05) is 59.5 Å². The van der Waals surface area contributed by atoms with Crippen LogP contribution in [0.5, 0.6) is 0 Å². The molecule has 38 heavy (non-hydrogen) atoms. The van der Waals surface area contributed by atoms with Gasteiger partial charge in [0, 0.05) is 13.0 Å². The molecule has 0 unspecified atom stereocenters. The van der Waals surface area contributed by atoms with Crippen LogP contribution in [-0.4, -0.2) is 65.4 Å². The maximum absolute atomic E-state index is 11.8. The first-order valence-corrected chi connectivity index (χ1v) is 16.3. The summed E-state index contributed by atoms with van der Waals surface area (Å²) < 4.78 is 27.3. The fraction of sp³-hybridized carbons (Fsp3) is 0.969. The molecule has 228 valence electrons. The van der Waals surface area contributed by atoms with Crippen LogP contribution in [0.15, 0.2) is 0 Å². The Morgan fingerprint density at radius 1 is 0.368 bits per heavy atom. The van der Waals surface area contributed by atoms with Crippen LogP contribution >= 0.6 is 0 Å². The van der Waals surface area contributed by atoms with Gasteiger partial charge in [-0.05, 0) is 12.8 Å². The second-order valence-corrected chi connectivity index (χ2v) is 10.4. The number of hydrogen-bond donors (Lipinski definition) is 0. The third-order valence-corrected chi connectivity index (χ3v) is 6.73. The van der Waals surface area contributed by atoms with Gasteiger partial charge in [-0.25, -0.2) is 0 Å². The molecule has 0 saturated heterocycles. The van der Waals surface area contributed by atoms with E-state index >= 15 is 0 Å². The Balaban J connectivity index is 3.13. The lowest BCUT2D eigenvalue weighted by molar-refractivity contribution is -0.145. The molecule has 6 heteroatoms. The Bertz CT molecular complexity index is 446. The summed E-state index contributed by atoms with van der Waals surface area (Å²) in [5, 5.41) is 0. The van der Waals surface area contributed by atoms with Gasteiger partial charge in [0.15, 0.2) is 0 Å². The Morgan fingerprint density at radius 2 is 0.684 bits per heavy atom. The molecule has 0 aromatic heterocycles. The summed E-state index contributed by atoms with van der Waals surface area (Å²) in [5.41, 5.74) is 0. The third kappa shape index (κ3) is 33.3. The maximum atomic E-state index is 11.8. The zero-order chi connectivity index (χ0) is 27.6. The Hall–Kier alpha value is -0.690. The van der Waals surface area contributed by atoms with Crippen molar-refractivity contribution in [2.45, 2.75) is 142 Å². The number of hydrogen-bond acceptors (Lipinski definition) is 6. The first-order valence-electron chi connectivity index (χ1n) is 16.3. The minimum absolute atomic E-state index is 0.110. The van der Waals surface area contributed by atoms with Crippen LogP contribution in [0.25, 0.3) is 0 Å². The lowest BCUT2D eigenvalue weighted by Crippen LogP contribution is -2.14. The normalized spacial score (nSPS) is 11.3. The molecular weight excluding hydrogens is 480 g/mol. The standard InChI is InChI=1S/C32H64O6/c1-3-5-7-9-11-12-13-14-15-16-17-18-20-22-32(33)38-31-30-37-29-28-36-27-26-35-25-24-34-23-21-19-10-8-6-4-2/h3-31H2,1-2H3. The van der Waals surface area contributed by atoms with Gasteiger partial charge in [0.2, 0.25) is 0 Å². The summed E-state index contributed by atoms with van der Waals surface area (Å²) in [4.78, 5) is 11.8. The summed E-state index contributed by atoms with van der Waals surface area (Å²) in [5.74, 6) is -0.110. The summed E-state index contributed by atoms with van der Waals surface area (Å²) in [6.07, 6.45) is 25.2. The van der Waals surface area contributed by atoms with Crippen LogP contribution in [-0.2, 0) is 28.5 Å². The predicted molar refractivity (Wildman–Crippen MR) is 158 cm³/mol. The van der Waals surface area contributed by atoms with Crippen molar-refractivity contribution in [2.24, 2.45) is 0 Å². The Morgan fingerprint density at radius 3 is 1.11 bits per heavy atom. The molecule has 0 amide bonds. The monoisotopic (exact) mass is 544 g/mol. The molecule has 0 rings (SSSR count). The second-order valence-electron chi connectivity index (χ2n) is 10.4. The van der Waals surface area contributed by atoms with Crippen molar-refractivity contribution in [3.8, 4) is 0 Å². The summed E-state index contributed by atoms with van der Waals surface area (Å²) in [7, 11) is 0. The molecule has 0 aliphatic carbocycles. The molecule has 0 aliphatic heterocycles. The van der Waals surface area contributed by atoms with E-state index in [1.807, 2.05) is 0 Å². The third-order valence-electron chi connectivity index (χ3n) is 6.73. The molecule has 0 saturated carbocycles. The van der Waals surface area contributed by atoms with Crippen LogP contribution in [0, 0.1) is 0 Å². The van der Waals surface area contributed by atoms with Crippen molar-refractivity contribution in [1.29, 1.82) is 0 Å². The average molecular weight is 545 g/mol. The fourth-order valence-corrected chi connectivity index (χ4v) is 4.32. The second kappa shape index (κ2) is 34.3. The SMILES string of the molecule is CCCCCCCCCCCCCCCC(=O)OCCOCCOCCOCCOCCCCCCCC. The van der Waals surface area contributed by atoms with Crippen molar-refractivity contribution >= 4 is 5.97 Å². The minimum Gasteiger partial charge on any atom is -0.463 e. The van der Waals surface area contributed by atoms with E-state index in [9.17, 15) is 4.79 Å². The average Bonchev–Trinajstić information content (AvgIpc) is 2.92. The number of carbonyl (C=O) groups is 1. The quantitative estimate of drug-likeness (QED) is 0.0610. The molecule has 0 atom stereocenters. The number of esters is 1. The van der Waals surface area contributed by atoms with E-state index in [0.29, 0.717) is 59.3 Å². The van der Waals surface area contributed by atoms with E-state index in [1.165, 1.54) is 103 Å². The molecule has 0 fully saturated rings. The zero-order valence-corrected chi connectivity index (χ0v) is 25.5. The van der Waals surface area contributed by atoms with Crippen LogP contribution in [0.3, 0.4) is 0 Å². The van der Waals surface area contributed by atoms with Gasteiger partial charge in [0.25, 0.3) is 0 Å². The lowest BCUT2D eigenvalue weighted by Gasteiger charge is -2.08. The highest BCUT2D eigenvalue weighted by Crippen LogP contribution is 2.13. The molecule has 0 aromatic rings. The van der Waals surface area contributed by atoms with Crippen LogP contribution in [0.4, 0.5) is 0 Å². The number of ether oxygens (including phenoxy) is 5. The van der Waals surface area contributed by atoms with E-state index in [1.54, 1.807) is 0 Å². The smallest absolute Gasteiger partial charge is 0.305 e. The van der Waals surface area contributed by atoms with E-state index in [2.05, 4.69) is 13.8 Å². The van der Waals surface area contributed by atoms with Gasteiger partial charge in [-0.1, -0.05) is 123 Å².